The van der Waals surface area contributed by atoms with Crippen LogP contribution in [0.15, 0.2) is 53.4 Å². The van der Waals surface area contributed by atoms with Crippen molar-refractivity contribution in [1.82, 2.24) is 9.21 Å². The Kier molecular flexibility index (Phi) is 7.95. The van der Waals surface area contributed by atoms with Crippen LogP contribution in [0.4, 0.5) is 4.39 Å². The highest BCUT2D eigenvalue weighted by Crippen LogP contribution is 2.27. The molecular weight excluding hydrogens is 451 g/mol. The van der Waals surface area contributed by atoms with Crippen LogP contribution in [0.5, 0.6) is 5.75 Å². The molecular formula is C27H37FN2O3S. The fraction of sp³-hybridized carbons (Fsp3) is 0.556. The standard InChI is InChI=1S/C27H37FN2O3S/c1-27(2,28)21-29-18-14-22(15-19-29)20-33-25-10-6-23(7-11-25)24-8-12-26(13-9-24)34(31,32)30-16-4-3-5-17-30/h6-13,22H,3-5,14-21H2,1-2H3. The first-order valence-corrected chi connectivity index (χ1v) is 13.9. The van der Waals surface area contributed by atoms with Crippen LogP contribution in [0, 0.1) is 5.92 Å². The number of halogens is 1. The van der Waals surface area contributed by atoms with Crippen molar-refractivity contribution in [3.05, 3.63) is 48.5 Å². The number of rotatable bonds is 8. The van der Waals surface area contributed by atoms with Gasteiger partial charge in [-0.1, -0.05) is 30.7 Å². The zero-order valence-corrected chi connectivity index (χ0v) is 21.2. The Hall–Kier alpha value is -1.96. The molecule has 0 saturated carbocycles. The van der Waals surface area contributed by atoms with Gasteiger partial charge in [-0.25, -0.2) is 12.8 Å². The first-order valence-electron chi connectivity index (χ1n) is 12.5. The van der Waals surface area contributed by atoms with Gasteiger partial charge in [-0.05, 0) is 93.9 Å². The van der Waals surface area contributed by atoms with Crippen LogP contribution in [-0.2, 0) is 10.0 Å². The largest absolute Gasteiger partial charge is 0.493 e. The van der Waals surface area contributed by atoms with Gasteiger partial charge in [0.15, 0.2) is 0 Å². The third kappa shape index (κ3) is 6.58. The second kappa shape index (κ2) is 10.8. The SMILES string of the molecule is CC(C)(F)CN1CCC(COc2ccc(-c3ccc(S(=O)(=O)N4CCCCC4)cc3)cc2)CC1. The number of nitrogens with zero attached hydrogens (tertiary/aromatic N) is 2. The van der Waals surface area contributed by atoms with Gasteiger partial charge in [0, 0.05) is 19.6 Å². The minimum absolute atomic E-state index is 0.360. The Bertz CT molecular complexity index is 1020. The van der Waals surface area contributed by atoms with Gasteiger partial charge in [0.1, 0.15) is 11.4 Å². The topological polar surface area (TPSA) is 49.9 Å². The van der Waals surface area contributed by atoms with Crippen molar-refractivity contribution in [2.24, 2.45) is 5.92 Å². The molecule has 2 heterocycles. The van der Waals surface area contributed by atoms with E-state index in [1.54, 1.807) is 30.3 Å². The van der Waals surface area contributed by atoms with E-state index < -0.39 is 15.7 Å². The first kappa shape index (κ1) is 25.1. The van der Waals surface area contributed by atoms with Crippen LogP contribution in [0.2, 0.25) is 0 Å². The summed E-state index contributed by atoms with van der Waals surface area (Å²) in [5.74, 6) is 1.33. The van der Waals surface area contributed by atoms with E-state index in [1.165, 1.54) is 0 Å². The van der Waals surface area contributed by atoms with E-state index in [2.05, 4.69) is 4.90 Å². The number of alkyl halides is 1. The van der Waals surface area contributed by atoms with Crippen LogP contribution in [0.1, 0.15) is 46.0 Å². The molecule has 0 N–H and O–H groups in total. The summed E-state index contributed by atoms with van der Waals surface area (Å²) in [7, 11) is -3.41. The van der Waals surface area contributed by atoms with Crippen molar-refractivity contribution in [3.8, 4) is 16.9 Å². The molecule has 0 aliphatic carbocycles. The number of sulfonamides is 1. The predicted molar refractivity (Wildman–Crippen MR) is 134 cm³/mol. The van der Waals surface area contributed by atoms with Crippen LogP contribution in [-0.4, -0.2) is 62.6 Å². The van der Waals surface area contributed by atoms with Crippen LogP contribution in [0.25, 0.3) is 11.1 Å². The van der Waals surface area contributed by atoms with Gasteiger partial charge in [-0.15, -0.1) is 0 Å². The highest BCUT2D eigenvalue weighted by molar-refractivity contribution is 7.89. The monoisotopic (exact) mass is 488 g/mol. The van der Waals surface area contributed by atoms with Gasteiger partial charge >= 0.3 is 0 Å². The molecule has 2 aliphatic heterocycles. The molecule has 34 heavy (non-hydrogen) atoms. The van der Waals surface area contributed by atoms with E-state index in [4.69, 9.17) is 4.74 Å². The summed E-state index contributed by atoms with van der Waals surface area (Å²) in [5, 5.41) is 0. The van der Waals surface area contributed by atoms with Gasteiger partial charge in [-0.3, -0.25) is 0 Å². The number of piperidine rings is 2. The Morgan fingerprint density at radius 2 is 1.44 bits per heavy atom. The van der Waals surface area contributed by atoms with E-state index in [-0.39, 0.29) is 0 Å². The van der Waals surface area contributed by atoms with E-state index in [9.17, 15) is 12.8 Å². The minimum atomic E-state index is -3.41. The number of hydrogen-bond acceptors (Lipinski definition) is 4. The van der Waals surface area contributed by atoms with Crippen LogP contribution >= 0.6 is 0 Å². The molecule has 0 amide bonds. The lowest BCUT2D eigenvalue weighted by molar-refractivity contribution is 0.0836. The summed E-state index contributed by atoms with van der Waals surface area (Å²) >= 11 is 0. The Balaban J connectivity index is 1.29. The van der Waals surface area contributed by atoms with E-state index in [0.29, 0.717) is 37.1 Å². The smallest absolute Gasteiger partial charge is 0.243 e. The van der Waals surface area contributed by atoms with E-state index in [1.807, 2.05) is 36.4 Å². The van der Waals surface area contributed by atoms with Crippen molar-refractivity contribution in [1.29, 1.82) is 0 Å². The lowest BCUT2D eigenvalue weighted by Gasteiger charge is -2.34. The first-order chi connectivity index (χ1) is 16.2. The maximum Gasteiger partial charge on any atom is 0.243 e. The van der Waals surface area contributed by atoms with Crippen molar-refractivity contribution in [3.63, 3.8) is 0 Å². The molecule has 2 aromatic rings. The molecule has 186 valence electrons. The lowest BCUT2D eigenvalue weighted by atomic mass is 9.97. The van der Waals surface area contributed by atoms with Gasteiger partial charge < -0.3 is 9.64 Å². The molecule has 4 rings (SSSR count). The summed E-state index contributed by atoms with van der Waals surface area (Å²) in [6.45, 7) is 7.51. The zero-order chi connectivity index (χ0) is 24.2. The molecule has 0 radical (unpaired) electrons. The van der Waals surface area contributed by atoms with E-state index >= 15 is 0 Å². The molecule has 2 aromatic carbocycles. The van der Waals surface area contributed by atoms with Crippen LogP contribution < -0.4 is 4.74 Å². The molecule has 5 nitrogen and oxygen atoms in total. The predicted octanol–water partition coefficient (Wildman–Crippen LogP) is 5.37. The summed E-state index contributed by atoms with van der Waals surface area (Å²) in [6, 6.07) is 15.1. The number of likely N-dealkylation sites (tertiary alicyclic amines) is 1. The Labute approximate surface area is 204 Å². The average Bonchev–Trinajstić information content (AvgIpc) is 2.84. The third-order valence-corrected chi connectivity index (χ3v) is 8.70. The zero-order valence-electron chi connectivity index (χ0n) is 20.4. The summed E-state index contributed by atoms with van der Waals surface area (Å²) < 4.78 is 47.2. The molecule has 0 unspecified atom stereocenters. The maximum atomic E-state index is 13.8. The van der Waals surface area contributed by atoms with Crippen molar-refractivity contribution in [2.75, 3.05) is 39.3 Å². The van der Waals surface area contributed by atoms with Gasteiger partial charge in [0.2, 0.25) is 10.0 Å². The molecule has 0 spiro atoms. The highest BCUT2D eigenvalue weighted by atomic mass is 32.2. The molecule has 2 saturated heterocycles. The summed E-state index contributed by atoms with van der Waals surface area (Å²) in [4.78, 5) is 2.56. The number of benzene rings is 2. The second-order valence-corrected chi connectivity index (χ2v) is 12.2. The number of ether oxygens (including phenoxy) is 1. The normalized spacial score (nSPS) is 19.3. The molecule has 0 aromatic heterocycles. The lowest BCUT2D eigenvalue weighted by Crippen LogP contribution is -2.41. The Morgan fingerprint density at radius 1 is 0.882 bits per heavy atom. The maximum absolute atomic E-state index is 13.8. The summed E-state index contributed by atoms with van der Waals surface area (Å²) in [5.41, 5.74) is 0.858. The van der Waals surface area contributed by atoms with Gasteiger partial charge in [-0.2, -0.15) is 4.31 Å². The van der Waals surface area contributed by atoms with Gasteiger partial charge in [0.25, 0.3) is 0 Å². The quantitative estimate of drug-likeness (QED) is 0.501. The molecule has 7 heteroatoms. The van der Waals surface area contributed by atoms with Crippen LogP contribution in [0.3, 0.4) is 0 Å². The average molecular weight is 489 g/mol. The van der Waals surface area contributed by atoms with Gasteiger partial charge in [0.05, 0.1) is 11.5 Å². The molecule has 2 fully saturated rings. The highest BCUT2D eigenvalue weighted by Gasteiger charge is 2.26. The molecule has 2 aliphatic rings. The number of hydrogen-bond donors (Lipinski definition) is 0. The summed E-state index contributed by atoms with van der Waals surface area (Å²) in [6.07, 6.45) is 5.02. The van der Waals surface area contributed by atoms with Crippen molar-refractivity contribution < 1.29 is 17.5 Å². The fourth-order valence-electron chi connectivity index (χ4n) is 4.87. The van der Waals surface area contributed by atoms with E-state index in [0.717, 1.165) is 62.1 Å². The second-order valence-electron chi connectivity index (χ2n) is 10.3. The minimum Gasteiger partial charge on any atom is -0.493 e. The third-order valence-electron chi connectivity index (χ3n) is 6.79. The molecule has 0 atom stereocenters. The fourth-order valence-corrected chi connectivity index (χ4v) is 6.39. The van der Waals surface area contributed by atoms with Crippen molar-refractivity contribution in [2.45, 2.75) is 56.5 Å². The molecule has 0 bridgehead atoms. The Morgan fingerprint density at radius 3 is 2.00 bits per heavy atom. The van der Waals surface area contributed by atoms with Crippen molar-refractivity contribution >= 4 is 10.0 Å².